The van der Waals surface area contributed by atoms with E-state index < -0.39 is 17.9 Å². The van der Waals surface area contributed by atoms with E-state index in [0.717, 1.165) is 6.92 Å². The van der Waals surface area contributed by atoms with Crippen molar-refractivity contribution < 1.29 is 27.4 Å². The molecule has 0 aromatic heterocycles. The van der Waals surface area contributed by atoms with E-state index in [1.807, 2.05) is 0 Å². The van der Waals surface area contributed by atoms with E-state index in [1.54, 1.807) is 12.0 Å². The molecule has 0 fully saturated rings. The first-order chi connectivity index (χ1) is 9.32. The first-order valence-corrected chi connectivity index (χ1v) is 5.31. The summed E-state index contributed by atoms with van der Waals surface area (Å²) in [6.07, 6.45) is -3.08. The zero-order valence-corrected chi connectivity index (χ0v) is 10.6. The second-order valence-corrected chi connectivity index (χ2v) is 3.48. The molecular formula is C13H10F3NO3. The lowest BCUT2D eigenvalue weighted by molar-refractivity contribution is -0.134. The van der Waals surface area contributed by atoms with Crippen molar-refractivity contribution in [1.82, 2.24) is 0 Å². The molecule has 0 radical (unpaired) electrons. The molecule has 0 bridgehead atoms. The molecular weight excluding hydrogens is 275 g/mol. The van der Waals surface area contributed by atoms with Crippen molar-refractivity contribution >= 4 is 17.4 Å². The molecule has 0 aliphatic carbocycles. The Bertz CT molecular complexity index is 565. The molecule has 0 amide bonds. The van der Waals surface area contributed by atoms with Gasteiger partial charge in [-0.05, 0) is 24.3 Å². The monoisotopic (exact) mass is 285 g/mol. The number of hydrogen-bond donors (Lipinski definition) is 0. The van der Waals surface area contributed by atoms with Crippen molar-refractivity contribution in [3.63, 3.8) is 0 Å². The maximum Gasteiger partial charge on any atom is 0.441 e. The smallest absolute Gasteiger partial charge is 0.441 e. The Morgan fingerprint density at radius 3 is 2.30 bits per heavy atom. The van der Waals surface area contributed by atoms with Crippen LogP contribution in [0.2, 0.25) is 0 Å². The number of benzene rings is 1. The van der Waals surface area contributed by atoms with Gasteiger partial charge in [0, 0.05) is 12.8 Å². The van der Waals surface area contributed by atoms with Crippen molar-refractivity contribution in [3.05, 3.63) is 24.3 Å². The highest BCUT2D eigenvalue weighted by Gasteiger charge is 2.35. The summed E-state index contributed by atoms with van der Waals surface area (Å²) in [5.74, 6) is 1.36. The van der Waals surface area contributed by atoms with E-state index in [9.17, 15) is 18.0 Å². The molecule has 0 spiro atoms. The topological polar surface area (TPSA) is 47.9 Å². The SMILES string of the molecule is COc1ccc(N=C(C#COC(C)=O)C(F)(F)F)cc1. The second-order valence-electron chi connectivity index (χ2n) is 3.48. The predicted octanol–water partition coefficient (Wildman–Crippen LogP) is 2.85. The molecule has 0 heterocycles. The Hall–Kier alpha value is -2.49. The minimum absolute atomic E-state index is 0.0512. The Morgan fingerprint density at radius 2 is 1.85 bits per heavy atom. The molecule has 1 rings (SSSR count). The minimum atomic E-state index is -4.74. The molecule has 106 valence electrons. The van der Waals surface area contributed by atoms with Crippen LogP contribution >= 0.6 is 0 Å². The van der Waals surface area contributed by atoms with Gasteiger partial charge in [0.05, 0.1) is 12.8 Å². The summed E-state index contributed by atoms with van der Waals surface area (Å²) in [5.41, 5.74) is -1.31. The molecule has 0 aliphatic rings. The fourth-order valence-corrected chi connectivity index (χ4v) is 1.09. The summed E-state index contributed by atoms with van der Waals surface area (Å²) < 4.78 is 47.0. The van der Waals surface area contributed by atoms with Crippen LogP contribution in [-0.2, 0) is 9.53 Å². The Labute approximate surface area is 113 Å². The number of carbonyl (C=O) groups excluding carboxylic acids is 1. The number of rotatable bonds is 2. The maximum atomic E-state index is 12.7. The van der Waals surface area contributed by atoms with Crippen molar-refractivity contribution in [3.8, 4) is 17.8 Å². The third-order valence-corrected chi connectivity index (χ3v) is 1.95. The molecule has 0 aliphatic heterocycles. The van der Waals surface area contributed by atoms with Gasteiger partial charge in [-0.1, -0.05) is 0 Å². The standard InChI is InChI=1S/C13H10F3NO3/c1-9(18)20-8-7-12(13(14,15)16)17-10-3-5-11(19-2)6-4-10/h3-6H,1-2H3. The van der Waals surface area contributed by atoms with Crippen LogP contribution in [0.5, 0.6) is 5.75 Å². The van der Waals surface area contributed by atoms with Crippen LogP contribution in [0.4, 0.5) is 18.9 Å². The van der Waals surface area contributed by atoms with Crippen molar-refractivity contribution in [2.75, 3.05) is 7.11 Å². The van der Waals surface area contributed by atoms with Gasteiger partial charge in [-0.25, -0.2) is 4.99 Å². The number of aliphatic imine (C=N–C) groups is 1. The van der Waals surface area contributed by atoms with Gasteiger partial charge < -0.3 is 9.47 Å². The summed E-state index contributed by atoms with van der Waals surface area (Å²) in [4.78, 5) is 13.8. The third-order valence-electron chi connectivity index (χ3n) is 1.95. The van der Waals surface area contributed by atoms with Crippen LogP contribution in [-0.4, -0.2) is 25.0 Å². The third kappa shape index (κ3) is 5.02. The van der Waals surface area contributed by atoms with Crippen molar-refractivity contribution in [2.45, 2.75) is 13.1 Å². The van der Waals surface area contributed by atoms with E-state index in [4.69, 9.17) is 4.74 Å². The second kappa shape index (κ2) is 6.61. The zero-order chi connectivity index (χ0) is 15.2. The molecule has 0 N–H and O–H groups in total. The van der Waals surface area contributed by atoms with Crippen LogP contribution < -0.4 is 4.74 Å². The lowest BCUT2D eigenvalue weighted by Gasteiger charge is -2.04. The maximum absolute atomic E-state index is 12.7. The molecule has 0 unspecified atom stereocenters. The van der Waals surface area contributed by atoms with Gasteiger partial charge in [-0.15, -0.1) is 0 Å². The molecule has 1 aromatic rings. The number of halogens is 3. The van der Waals surface area contributed by atoms with Gasteiger partial charge >= 0.3 is 12.1 Å². The van der Waals surface area contributed by atoms with Crippen molar-refractivity contribution in [1.29, 1.82) is 0 Å². The van der Waals surface area contributed by atoms with Crippen LogP contribution in [0.1, 0.15) is 6.92 Å². The van der Waals surface area contributed by atoms with Gasteiger partial charge in [0.25, 0.3) is 0 Å². The summed E-state index contributed by atoms with van der Waals surface area (Å²) >= 11 is 0. The Morgan fingerprint density at radius 1 is 1.25 bits per heavy atom. The summed E-state index contributed by atoms with van der Waals surface area (Å²) in [5, 5.41) is 0. The van der Waals surface area contributed by atoms with Crippen LogP contribution in [0, 0.1) is 12.0 Å². The van der Waals surface area contributed by atoms with E-state index in [2.05, 4.69) is 9.73 Å². The first-order valence-electron chi connectivity index (χ1n) is 5.31. The summed E-state index contributed by atoms with van der Waals surface area (Å²) in [6.45, 7) is 1.03. The van der Waals surface area contributed by atoms with Gasteiger partial charge in [0.15, 0.2) is 5.71 Å². The van der Waals surface area contributed by atoms with Gasteiger partial charge in [0.1, 0.15) is 11.9 Å². The highest BCUT2D eigenvalue weighted by atomic mass is 19.4. The molecule has 20 heavy (non-hydrogen) atoms. The molecule has 7 heteroatoms. The largest absolute Gasteiger partial charge is 0.497 e. The highest BCUT2D eigenvalue weighted by Crippen LogP contribution is 2.23. The fraction of sp³-hybridized carbons (Fsp3) is 0.231. The zero-order valence-electron chi connectivity index (χ0n) is 10.6. The number of methoxy groups -OCH3 is 1. The Kier molecular flexibility index (Phi) is 5.15. The average molecular weight is 285 g/mol. The van der Waals surface area contributed by atoms with Gasteiger partial charge in [0.2, 0.25) is 0 Å². The molecule has 0 saturated carbocycles. The minimum Gasteiger partial charge on any atom is -0.497 e. The Balaban J connectivity index is 3.05. The van der Waals surface area contributed by atoms with Crippen LogP contribution in [0.25, 0.3) is 0 Å². The van der Waals surface area contributed by atoms with E-state index >= 15 is 0 Å². The molecule has 1 aromatic carbocycles. The normalized spacial score (nSPS) is 11.3. The van der Waals surface area contributed by atoms with Crippen molar-refractivity contribution in [2.24, 2.45) is 4.99 Å². The number of carbonyl (C=O) groups is 1. The predicted molar refractivity (Wildman–Crippen MR) is 65.7 cm³/mol. The summed E-state index contributed by atoms with van der Waals surface area (Å²) in [7, 11) is 1.43. The average Bonchev–Trinajstić information content (AvgIpc) is 2.37. The first kappa shape index (κ1) is 15.6. The lowest BCUT2D eigenvalue weighted by Crippen LogP contribution is -2.21. The number of alkyl halides is 3. The van der Waals surface area contributed by atoms with Gasteiger partial charge in [-0.2, -0.15) is 13.2 Å². The summed E-state index contributed by atoms with van der Waals surface area (Å²) in [6, 6.07) is 5.62. The van der Waals surface area contributed by atoms with E-state index in [-0.39, 0.29) is 5.69 Å². The highest BCUT2D eigenvalue weighted by molar-refractivity contribution is 6.05. The fourth-order valence-electron chi connectivity index (χ4n) is 1.09. The van der Waals surface area contributed by atoms with E-state index in [1.165, 1.54) is 31.4 Å². The molecule has 4 nitrogen and oxygen atoms in total. The molecule has 0 saturated heterocycles. The number of esters is 1. The lowest BCUT2D eigenvalue weighted by atomic mass is 10.3. The van der Waals surface area contributed by atoms with Crippen LogP contribution in [0.15, 0.2) is 29.3 Å². The van der Waals surface area contributed by atoms with E-state index in [0.29, 0.717) is 5.75 Å². The molecule has 0 atom stereocenters. The number of ether oxygens (including phenoxy) is 2. The quantitative estimate of drug-likeness (QED) is 0.477. The number of hydrogen-bond acceptors (Lipinski definition) is 4. The van der Waals surface area contributed by atoms with Crippen LogP contribution in [0.3, 0.4) is 0 Å². The van der Waals surface area contributed by atoms with Gasteiger partial charge in [-0.3, -0.25) is 4.79 Å². The number of nitrogens with zero attached hydrogens (tertiary/aromatic N) is 1.